The molecule has 56 heavy (non-hydrogen) atoms. The van der Waals surface area contributed by atoms with E-state index in [2.05, 4.69) is 190 Å². The van der Waals surface area contributed by atoms with Gasteiger partial charge in [-0.2, -0.15) is 0 Å². The molecule has 0 radical (unpaired) electrons. The minimum absolute atomic E-state index is 0.00212. The van der Waals surface area contributed by atoms with Crippen LogP contribution >= 0.6 is 11.3 Å². The van der Waals surface area contributed by atoms with Crippen LogP contribution in [0.4, 0.5) is 17.1 Å². The van der Waals surface area contributed by atoms with Crippen LogP contribution in [0.1, 0.15) is 56.9 Å². The average Bonchev–Trinajstić information content (AvgIpc) is 3.81. The number of para-hydroxylation sites is 1. The molecule has 4 heterocycles. The molecule has 268 valence electrons. The predicted octanol–water partition coefficient (Wildman–Crippen LogP) is 13.0. The Morgan fingerprint density at radius 3 is 2.20 bits per heavy atom. The predicted molar refractivity (Wildman–Crippen MR) is 242 cm³/mol. The Balaban J connectivity index is 1.28. The molecule has 0 amide bonds. The maximum atomic E-state index is 2.75. The molecule has 2 aliphatic heterocycles. The van der Waals surface area contributed by atoms with Crippen LogP contribution in [0.2, 0.25) is 0 Å². The van der Waals surface area contributed by atoms with Gasteiger partial charge in [-0.1, -0.05) is 150 Å². The van der Waals surface area contributed by atoms with E-state index in [1.54, 1.807) is 0 Å². The molecular weight excluding hydrogens is 695 g/mol. The summed E-state index contributed by atoms with van der Waals surface area (Å²) in [5.74, 6) is 0. The molecule has 9 aromatic rings. The van der Waals surface area contributed by atoms with Crippen molar-refractivity contribution in [3.63, 3.8) is 0 Å². The highest BCUT2D eigenvalue weighted by atomic mass is 32.1. The average molecular weight is 737 g/mol. The lowest BCUT2D eigenvalue weighted by molar-refractivity contribution is 0.590. The van der Waals surface area contributed by atoms with Crippen molar-refractivity contribution in [2.75, 3.05) is 4.90 Å². The summed E-state index contributed by atoms with van der Waals surface area (Å²) in [6, 6.07) is 53.4. The van der Waals surface area contributed by atoms with Crippen molar-refractivity contribution >= 4 is 77.4 Å². The molecular formula is C52H41BN2S. The van der Waals surface area contributed by atoms with E-state index in [9.17, 15) is 0 Å². The second-order valence-corrected chi connectivity index (χ2v) is 18.8. The van der Waals surface area contributed by atoms with Gasteiger partial charge in [0, 0.05) is 48.8 Å². The number of rotatable bonds is 2. The Morgan fingerprint density at radius 1 is 0.607 bits per heavy atom. The number of nitrogens with zero attached hydrogens (tertiary/aromatic N) is 2. The summed E-state index contributed by atoms with van der Waals surface area (Å²) in [6.07, 6.45) is 0. The van der Waals surface area contributed by atoms with Crippen LogP contribution < -0.4 is 15.8 Å². The molecule has 0 saturated heterocycles. The van der Waals surface area contributed by atoms with Gasteiger partial charge in [-0.05, 0) is 86.5 Å². The lowest BCUT2D eigenvalue weighted by Crippen LogP contribution is -2.57. The van der Waals surface area contributed by atoms with Gasteiger partial charge in [-0.3, -0.25) is 0 Å². The standard InChI is InChI=1S/C52H41BN2S/c1-30-27-38-33-19-14-20-36-47(33)55(48-35-18-11-13-22-44(35)56-50(36)48)53-41-25-24-40-45(34-17-10-12-21-39(34)52(40,5)6)49(41)54(43(28-30)46(38)53)42-26-23-32(51(2,3)4)29-37(42)31-15-8-7-9-16-31/h7-29H,1-6H3. The second kappa shape index (κ2) is 10.9. The summed E-state index contributed by atoms with van der Waals surface area (Å²) in [4.78, 5) is 2.68. The van der Waals surface area contributed by atoms with Gasteiger partial charge in [0.15, 0.2) is 0 Å². The fourth-order valence-corrected chi connectivity index (χ4v) is 11.8. The van der Waals surface area contributed by atoms with E-state index in [1.165, 1.54) is 115 Å². The molecule has 12 rings (SSSR count). The van der Waals surface area contributed by atoms with Crippen molar-refractivity contribution in [3.8, 4) is 33.4 Å². The van der Waals surface area contributed by atoms with Gasteiger partial charge < -0.3 is 9.38 Å². The molecule has 0 saturated carbocycles. The van der Waals surface area contributed by atoms with Crippen LogP contribution in [0.15, 0.2) is 140 Å². The number of benzene rings is 7. The van der Waals surface area contributed by atoms with Crippen molar-refractivity contribution in [2.45, 2.75) is 52.4 Å². The van der Waals surface area contributed by atoms with Crippen molar-refractivity contribution in [3.05, 3.63) is 162 Å². The van der Waals surface area contributed by atoms with Gasteiger partial charge in [0.1, 0.15) is 0 Å². The lowest BCUT2D eigenvalue weighted by Gasteiger charge is -2.42. The van der Waals surface area contributed by atoms with Crippen LogP contribution in [-0.2, 0) is 10.8 Å². The molecule has 0 unspecified atom stereocenters. The third-order valence-corrected chi connectivity index (χ3v) is 14.3. The van der Waals surface area contributed by atoms with E-state index in [-0.39, 0.29) is 17.7 Å². The monoisotopic (exact) mass is 736 g/mol. The zero-order valence-electron chi connectivity index (χ0n) is 32.7. The van der Waals surface area contributed by atoms with Crippen molar-refractivity contribution in [2.24, 2.45) is 0 Å². The largest absolute Gasteiger partial charge is 0.374 e. The van der Waals surface area contributed by atoms with E-state index in [0.29, 0.717) is 0 Å². The number of fused-ring (bicyclic) bond motifs is 13. The Morgan fingerprint density at radius 2 is 1.36 bits per heavy atom. The first kappa shape index (κ1) is 32.4. The van der Waals surface area contributed by atoms with Crippen LogP contribution in [0.5, 0.6) is 0 Å². The summed E-state index contributed by atoms with van der Waals surface area (Å²) < 4.78 is 5.47. The van der Waals surface area contributed by atoms with E-state index in [1.807, 2.05) is 11.3 Å². The van der Waals surface area contributed by atoms with Gasteiger partial charge >= 0.3 is 6.85 Å². The summed E-state index contributed by atoms with van der Waals surface area (Å²) in [6.45, 7) is 14.1. The van der Waals surface area contributed by atoms with E-state index in [4.69, 9.17) is 0 Å². The molecule has 3 aliphatic rings. The highest BCUT2D eigenvalue weighted by Gasteiger charge is 2.47. The van der Waals surface area contributed by atoms with E-state index < -0.39 is 0 Å². The van der Waals surface area contributed by atoms with Crippen LogP contribution in [0, 0.1) is 6.92 Å². The molecule has 0 atom stereocenters. The zero-order valence-corrected chi connectivity index (χ0v) is 33.5. The van der Waals surface area contributed by atoms with Crippen LogP contribution in [0.25, 0.3) is 64.6 Å². The minimum atomic E-state index is -0.139. The van der Waals surface area contributed by atoms with Crippen LogP contribution in [-0.4, -0.2) is 11.3 Å². The molecule has 0 N–H and O–H groups in total. The Labute approximate surface area is 332 Å². The molecule has 0 bridgehead atoms. The molecule has 2 aromatic heterocycles. The second-order valence-electron chi connectivity index (χ2n) is 17.8. The number of hydrogen-bond donors (Lipinski definition) is 0. The summed E-state index contributed by atoms with van der Waals surface area (Å²) >= 11 is 1.94. The quantitative estimate of drug-likeness (QED) is 0.160. The fourth-order valence-electron chi connectivity index (χ4n) is 10.6. The molecule has 0 fully saturated rings. The van der Waals surface area contributed by atoms with Gasteiger partial charge in [-0.15, -0.1) is 11.3 Å². The maximum Gasteiger partial charge on any atom is 0.333 e. The molecule has 0 spiro atoms. The Hall–Kier alpha value is -5.84. The van der Waals surface area contributed by atoms with E-state index >= 15 is 0 Å². The Kier molecular flexibility index (Phi) is 6.32. The van der Waals surface area contributed by atoms with Gasteiger partial charge in [0.05, 0.1) is 21.6 Å². The summed E-state index contributed by atoms with van der Waals surface area (Å²) in [7, 11) is 0. The van der Waals surface area contributed by atoms with Crippen molar-refractivity contribution in [1.29, 1.82) is 0 Å². The van der Waals surface area contributed by atoms with Gasteiger partial charge in [0.25, 0.3) is 0 Å². The smallest absolute Gasteiger partial charge is 0.333 e. The third-order valence-electron chi connectivity index (χ3n) is 13.2. The number of hydrogen-bond acceptors (Lipinski definition) is 2. The first-order chi connectivity index (χ1) is 27.1. The van der Waals surface area contributed by atoms with E-state index in [0.717, 1.165) is 0 Å². The number of aryl methyl sites for hydroxylation is 1. The van der Waals surface area contributed by atoms with Crippen LogP contribution in [0.3, 0.4) is 0 Å². The first-order valence-corrected chi connectivity index (χ1v) is 20.8. The highest BCUT2D eigenvalue weighted by Crippen LogP contribution is 2.57. The Bertz CT molecular complexity index is 3170. The highest BCUT2D eigenvalue weighted by molar-refractivity contribution is 7.27. The lowest BCUT2D eigenvalue weighted by atomic mass is 9.44. The third kappa shape index (κ3) is 4.07. The maximum absolute atomic E-state index is 2.75. The molecule has 1 aliphatic carbocycles. The zero-order chi connectivity index (χ0) is 37.8. The van der Waals surface area contributed by atoms with Gasteiger partial charge in [-0.25, -0.2) is 0 Å². The number of thiophene rings is 1. The normalized spacial score (nSPS) is 14.7. The fraction of sp³-hybridized carbons (Fsp3) is 0.154. The number of aromatic nitrogens is 1. The number of anilines is 3. The SMILES string of the molecule is Cc1cc2c3c(c1)N(c1ccc(C(C)(C)C)cc1-c1ccccc1)c1c(ccc4c1-c1ccccc1C4(C)C)B3n1c3c-2cccc3c2sc3ccccc3c21. The first-order valence-electron chi connectivity index (χ1n) is 20.0. The summed E-state index contributed by atoms with van der Waals surface area (Å²) in [5.41, 5.74) is 22.4. The van der Waals surface area contributed by atoms with Gasteiger partial charge in [0.2, 0.25) is 0 Å². The molecule has 7 aromatic carbocycles. The minimum Gasteiger partial charge on any atom is -0.374 e. The molecule has 2 nitrogen and oxygen atoms in total. The summed E-state index contributed by atoms with van der Waals surface area (Å²) in [5, 5.41) is 2.70. The van der Waals surface area contributed by atoms with Crippen molar-refractivity contribution < 1.29 is 0 Å². The van der Waals surface area contributed by atoms with Crippen molar-refractivity contribution in [1.82, 2.24) is 4.48 Å². The molecule has 4 heteroatoms. The topological polar surface area (TPSA) is 8.17 Å².